The molecule has 0 spiro atoms. The molecular weight excluding hydrogens is 350 g/mol. The van der Waals surface area contributed by atoms with Gasteiger partial charge in [-0.25, -0.2) is 9.78 Å². The number of aryl methyl sites for hydroxylation is 1. The summed E-state index contributed by atoms with van der Waals surface area (Å²) in [6, 6.07) is 0. The standard InChI is InChI=1S/C19H29N3O3S/c1-7-25-17(23)16-14(11-21(5)24-6)22-13-9-8-12(19(2,3)4)10-15(13)26-18(22)20-16/h12H,7-11H2,1-6H3. The van der Waals surface area contributed by atoms with E-state index in [9.17, 15) is 4.79 Å². The Balaban J connectivity index is 2.06. The van der Waals surface area contributed by atoms with Crippen molar-refractivity contribution in [1.82, 2.24) is 14.4 Å². The summed E-state index contributed by atoms with van der Waals surface area (Å²) < 4.78 is 7.39. The second kappa shape index (κ2) is 7.29. The Morgan fingerprint density at radius 2 is 2.15 bits per heavy atom. The predicted octanol–water partition coefficient (Wildman–Crippen LogP) is 3.72. The predicted molar refractivity (Wildman–Crippen MR) is 102 cm³/mol. The first-order valence-electron chi connectivity index (χ1n) is 9.20. The molecule has 0 amide bonds. The molecule has 0 saturated heterocycles. The summed E-state index contributed by atoms with van der Waals surface area (Å²) in [6.45, 7) is 9.59. The van der Waals surface area contributed by atoms with Crippen LogP contribution < -0.4 is 0 Å². The maximum Gasteiger partial charge on any atom is 0.358 e. The van der Waals surface area contributed by atoms with Gasteiger partial charge in [0.2, 0.25) is 0 Å². The normalized spacial score (nSPS) is 17.7. The fourth-order valence-corrected chi connectivity index (χ4v) is 4.91. The van der Waals surface area contributed by atoms with E-state index in [0.717, 1.165) is 29.9 Å². The molecular formula is C19H29N3O3S. The molecule has 0 aromatic carbocycles. The molecule has 0 saturated carbocycles. The molecule has 26 heavy (non-hydrogen) atoms. The van der Waals surface area contributed by atoms with Crippen LogP contribution in [-0.2, 0) is 29.0 Å². The number of nitrogens with zero attached hydrogens (tertiary/aromatic N) is 3. The van der Waals surface area contributed by atoms with E-state index in [1.165, 1.54) is 10.6 Å². The maximum atomic E-state index is 12.4. The van der Waals surface area contributed by atoms with Crippen LogP contribution in [0.5, 0.6) is 0 Å². The lowest BCUT2D eigenvalue weighted by molar-refractivity contribution is -0.117. The largest absolute Gasteiger partial charge is 0.461 e. The van der Waals surface area contributed by atoms with Crippen LogP contribution in [0.15, 0.2) is 0 Å². The molecule has 1 aliphatic carbocycles. The molecule has 144 valence electrons. The summed E-state index contributed by atoms with van der Waals surface area (Å²) in [5, 5.41) is 1.71. The molecule has 0 fully saturated rings. The molecule has 2 aromatic rings. The van der Waals surface area contributed by atoms with Crippen LogP contribution in [0.2, 0.25) is 0 Å². The number of carbonyl (C=O) groups is 1. The zero-order valence-electron chi connectivity index (χ0n) is 16.6. The monoisotopic (exact) mass is 379 g/mol. The molecule has 0 N–H and O–H groups in total. The van der Waals surface area contributed by atoms with Crippen molar-refractivity contribution in [2.75, 3.05) is 20.8 Å². The molecule has 1 aliphatic rings. The Bertz CT molecular complexity index is 803. The number of hydrogen-bond acceptors (Lipinski definition) is 6. The summed E-state index contributed by atoms with van der Waals surface area (Å²) in [5.41, 5.74) is 2.86. The molecule has 0 bridgehead atoms. The van der Waals surface area contributed by atoms with E-state index >= 15 is 0 Å². The first-order valence-corrected chi connectivity index (χ1v) is 10.0. The van der Waals surface area contributed by atoms with E-state index in [1.54, 1.807) is 23.5 Å². The van der Waals surface area contributed by atoms with Crippen LogP contribution in [-0.4, -0.2) is 41.2 Å². The molecule has 2 aromatic heterocycles. The summed E-state index contributed by atoms with van der Waals surface area (Å²) in [5.74, 6) is 0.313. The van der Waals surface area contributed by atoms with E-state index < -0.39 is 0 Å². The number of ether oxygens (including phenoxy) is 1. The number of hydroxylamine groups is 2. The lowest BCUT2D eigenvalue weighted by Crippen LogP contribution is -2.27. The zero-order chi connectivity index (χ0) is 19.1. The van der Waals surface area contributed by atoms with Gasteiger partial charge in [-0.05, 0) is 37.5 Å². The maximum absolute atomic E-state index is 12.4. The van der Waals surface area contributed by atoms with Crippen LogP contribution in [0.3, 0.4) is 0 Å². The third-order valence-electron chi connectivity index (χ3n) is 5.29. The quantitative estimate of drug-likeness (QED) is 0.585. The van der Waals surface area contributed by atoms with Crippen LogP contribution >= 0.6 is 11.3 Å². The Morgan fingerprint density at radius 1 is 1.42 bits per heavy atom. The van der Waals surface area contributed by atoms with Crippen molar-refractivity contribution in [2.24, 2.45) is 11.3 Å². The van der Waals surface area contributed by atoms with E-state index in [-0.39, 0.29) is 5.97 Å². The van der Waals surface area contributed by atoms with Gasteiger partial charge < -0.3 is 9.57 Å². The summed E-state index contributed by atoms with van der Waals surface area (Å²) in [6.07, 6.45) is 3.26. The van der Waals surface area contributed by atoms with Crippen molar-refractivity contribution < 1.29 is 14.4 Å². The molecule has 0 radical (unpaired) electrons. The topological polar surface area (TPSA) is 56.1 Å². The number of imidazole rings is 1. The van der Waals surface area contributed by atoms with Gasteiger partial charge >= 0.3 is 5.97 Å². The highest BCUT2D eigenvalue weighted by Crippen LogP contribution is 2.41. The number of hydrogen-bond donors (Lipinski definition) is 0. The van der Waals surface area contributed by atoms with E-state index in [4.69, 9.17) is 9.57 Å². The number of thiazole rings is 1. The van der Waals surface area contributed by atoms with Crippen molar-refractivity contribution in [3.63, 3.8) is 0 Å². The number of carbonyl (C=O) groups excluding carboxylic acids is 1. The van der Waals surface area contributed by atoms with E-state index in [0.29, 0.717) is 30.2 Å². The first-order chi connectivity index (χ1) is 12.3. The van der Waals surface area contributed by atoms with Gasteiger partial charge in [0.25, 0.3) is 0 Å². The van der Waals surface area contributed by atoms with Crippen molar-refractivity contribution in [3.05, 3.63) is 22.0 Å². The molecule has 0 aliphatic heterocycles. The SMILES string of the molecule is CCOC(=O)c1nc2sc3c(n2c1CN(C)OC)CCC(C(C)(C)C)C3. The van der Waals surface area contributed by atoms with Gasteiger partial charge in [0.1, 0.15) is 0 Å². The smallest absolute Gasteiger partial charge is 0.358 e. The van der Waals surface area contributed by atoms with Gasteiger partial charge in [0.05, 0.1) is 26.0 Å². The molecule has 3 rings (SSSR count). The third-order valence-corrected chi connectivity index (χ3v) is 6.39. The number of fused-ring (bicyclic) bond motifs is 3. The number of aromatic nitrogens is 2. The zero-order valence-corrected chi connectivity index (χ0v) is 17.4. The Labute approximate surface area is 159 Å². The van der Waals surface area contributed by atoms with Gasteiger partial charge in [-0.1, -0.05) is 20.8 Å². The molecule has 6 nitrogen and oxygen atoms in total. The minimum absolute atomic E-state index is 0.305. The van der Waals surface area contributed by atoms with Crippen molar-refractivity contribution in [1.29, 1.82) is 0 Å². The van der Waals surface area contributed by atoms with Crippen molar-refractivity contribution >= 4 is 22.3 Å². The highest BCUT2D eigenvalue weighted by atomic mass is 32.1. The average molecular weight is 380 g/mol. The Kier molecular flexibility index (Phi) is 5.42. The highest BCUT2D eigenvalue weighted by molar-refractivity contribution is 7.17. The van der Waals surface area contributed by atoms with Gasteiger partial charge in [-0.15, -0.1) is 11.3 Å². The molecule has 7 heteroatoms. The van der Waals surface area contributed by atoms with Crippen molar-refractivity contribution in [3.8, 4) is 0 Å². The van der Waals surface area contributed by atoms with Crippen LogP contribution in [0.25, 0.3) is 4.96 Å². The minimum Gasteiger partial charge on any atom is -0.461 e. The van der Waals surface area contributed by atoms with Crippen LogP contribution in [0, 0.1) is 11.3 Å². The summed E-state index contributed by atoms with van der Waals surface area (Å²) >= 11 is 1.71. The Morgan fingerprint density at radius 3 is 2.77 bits per heavy atom. The van der Waals surface area contributed by atoms with Crippen LogP contribution in [0.1, 0.15) is 60.9 Å². The number of rotatable bonds is 5. The molecule has 2 heterocycles. The van der Waals surface area contributed by atoms with Gasteiger partial charge in [0, 0.05) is 17.6 Å². The fraction of sp³-hybridized carbons (Fsp3) is 0.684. The lowest BCUT2D eigenvalue weighted by atomic mass is 9.73. The summed E-state index contributed by atoms with van der Waals surface area (Å²) in [7, 11) is 3.47. The second-order valence-corrected chi connectivity index (χ2v) is 9.05. The lowest BCUT2D eigenvalue weighted by Gasteiger charge is -2.33. The highest BCUT2D eigenvalue weighted by Gasteiger charge is 2.33. The average Bonchev–Trinajstić information content (AvgIpc) is 3.10. The van der Waals surface area contributed by atoms with Gasteiger partial charge in [0.15, 0.2) is 10.7 Å². The van der Waals surface area contributed by atoms with E-state index in [1.807, 2.05) is 14.0 Å². The van der Waals surface area contributed by atoms with Crippen molar-refractivity contribution in [2.45, 2.75) is 53.5 Å². The Hall–Kier alpha value is -1.44. The second-order valence-electron chi connectivity index (χ2n) is 7.99. The van der Waals surface area contributed by atoms with E-state index in [2.05, 4.69) is 30.2 Å². The first kappa shape index (κ1) is 19.3. The number of esters is 1. The van der Waals surface area contributed by atoms with Gasteiger partial charge in [-0.3, -0.25) is 4.40 Å². The fourth-order valence-electron chi connectivity index (χ4n) is 3.64. The third kappa shape index (κ3) is 3.52. The molecule has 1 atom stereocenters. The molecule has 1 unspecified atom stereocenters. The minimum atomic E-state index is -0.361. The van der Waals surface area contributed by atoms with Crippen LogP contribution in [0.4, 0.5) is 0 Å². The van der Waals surface area contributed by atoms with Gasteiger partial charge in [-0.2, -0.15) is 5.06 Å². The summed E-state index contributed by atoms with van der Waals surface area (Å²) in [4.78, 5) is 24.6.